The van der Waals surface area contributed by atoms with Gasteiger partial charge in [0.05, 0.1) is 11.2 Å². The van der Waals surface area contributed by atoms with Crippen molar-refractivity contribution in [2.24, 2.45) is 0 Å². The predicted octanol–water partition coefficient (Wildman–Crippen LogP) is 5.10. The van der Waals surface area contributed by atoms with Gasteiger partial charge in [-0.05, 0) is 44.5 Å². The molecule has 6 nitrogen and oxygen atoms in total. The van der Waals surface area contributed by atoms with Gasteiger partial charge in [0.15, 0.2) is 5.75 Å². The number of hydrogen-bond acceptors (Lipinski definition) is 3. The van der Waals surface area contributed by atoms with Crippen molar-refractivity contribution in [3.8, 4) is 5.75 Å². The average molecular weight is 428 g/mol. The topological polar surface area (TPSA) is 63.6 Å². The van der Waals surface area contributed by atoms with E-state index < -0.39 is 11.5 Å². The largest absolute Gasteiger partial charge is 0.415 e. The summed E-state index contributed by atoms with van der Waals surface area (Å²) in [6.07, 6.45) is 1.49. The minimum atomic E-state index is -0.724. The summed E-state index contributed by atoms with van der Waals surface area (Å²) >= 11 is 5.96. The summed E-state index contributed by atoms with van der Waals surface area (Å²) in [5.74, 6) is -0.0670. The minimum Gasteiger partial charge on any atom is -0.408 e. The van der Waals surface area contributed by atoms with Crippen LogP contribution in [0.5, 0.6) is 5.75 Å². The second-order valence-electron chi connectivity index (χ2n) is 6.95. The van der Waals surface area contributed by atoms with Crippen LogP contribution in [0, 0.1) is 0 Å². The van der Waals surface area contributed by atoms with Crippen molar-refractivity contribution >= 4 is 40.2 Å². The molecule has 2 aromatic carbocycles. The number of nitrogens with zero attached hydrogens (tertiary/aromatic N) is 2. The lowest BCUT2D eigenvalue weighted by atomic mass is 10.2. The number of benzene rings is 2. The van der Waals surface area contributed by atoms with Gasteiger partial charge in [0.25, 0.3) is 0 Å². The van der Waals surface area contributed by atoms with E-state index in [2.05, 4.69) is 22.0 Å². The fourth-order valence-corrected chi connectivity index (χ4v) is 3.30. The Bertz CT molecular complexity index is 1030. The van der Waals surface area contributed by atoms with E-state index in [-0.39, 0.29) is 5.91 Å². The number of halogens is 1. The van der Waals surface area contributed by atoms with Crippen LogP contribution < -0.4 is 10.1 Å². The van der Waals surface area contributed by atoms with Gasteiger partial charge in [0.1, 0.15) is 5.38 Å². The number of amides is 2. The Kier molecular flexibility index (Phi) is 7.00. The molecule has 2 amide bonds. The van der Waals surface area contributed by atoms with Crippen molar-refractivity contribution in [3.05, 3.63) is 60.3 Å². The number of anilines is 1. The molecule has 0 aliphatic carbocycles. The van der Waals surface area contributed by atoms with Gasteiger partial charge in [-0.25, -0.2) is 4.79 Å². The summed E-state index contributed by atoms with van der Waals surface area (Å²) in [5, 5.41) is 2.89. The molecule has 158 valence electrons. The molecule has 0 aliphatic rings. The van der Waals surface area contributed by atoms with Crippen LogP contribution in [0.3, 0.4) is 0 Å². The summed E-state index contributed by atoms with van der Waals surface area (Å²) in [7, 11) is 0. The van der Waals surface area contributed by atoms with E-state index >= 15 is 0 Å². The van der Waals surface area contributed by atoms with Gasteiger partial charge in [0.2, 0.25) is 5.91 Å². The van der Waals surface area contributed by atoms with Crippen LogP contribution in [0.15, 0.2) is 54.7 Å². The highest BCUT2D eigenvalue weighted by Gasteiger charge is 2.20. The van der Waals surface area contributed by atoms with Crippen molar-refractivity contribution in [1.82, 2.24) is 9.47 Å². The van der Waals surface area contributed by atoms with Crippen LogP contribution in [0.2, 0.25) is 0 Å². The molecular weight excluding hydrogens is 402 g/mol. The molecule has 1 heterocycles. The van der Waals surface area contributed by atoms with E-state index in [1.807, 2.05) is 50.4 Å². The smallest absolute Gasteiger partial charge is 0.408 e. The van der Waals surface area contributed by atoms with E-state index in [1.165, 1.54) is 0 Å². The van der Waals surface area contributed by atoms with Crippen LogP contribution in [-0.4, -0.2) is 39.9 Å². The van der Waals surface area contributed by atoms with Crippen LogP contribution in [-0.2, 0) is 11.3 Å². The molecule has 30 heavy (non-hydrogen) atoms. The van der Waals surface area contributed by atoms with E-state index in [0.29, 0.717) is 31.1 Å². The van der Waals surface area contributed by atoms with Crippen LogP contribution >= 0.6 is 11.6 Å². The first-order chi connectivity index (χ1) is 14.4. The number of rotatable bonds is 7. The lowest BCUT2D eigenvalue weighted by Crippen LogP contribution is -2.33. The molecule has 1 N–H and O–H groups in total. The lowest BCUT2D eigenvalue weighted by Gasteiger charge is -2.20. The first kappa shape index (κ1) is 21.7. The summed E-state index contributed by atoms with van der Waals surface area (Å²) in [6, 6.07) is 15.6. The third-order valence-electron chi connectivity index (χ3n) is 4.94. The van der Waals surface area contributed by atoms with E-state index in [9.17, 15) is 9.59 Å². The maximum Gasteiger partial charge on any atom is 0.415 e. The number of alkyl halides is 1. The average Bonchev–Trinajstić information content (AvgIpc) is 3.14. The van der Waals surface area contributed by atoms with Crippen molar-refractivity contribution in [3.63, 3.8) is 0 Å². The molecular formula is C23H26ClN3O3. The van der Waals surface area contributed by atoms with E-state index in [1.54, 1.807) is 17.9 Å². The Morgan fingerprint density at radius 2 is 1.80 bits per heavy atom. The molecule has 0 bridgehead atoms. The summed E-state index contributed by atoms with van der Waals surface area (Å²) in [5.41, 5.74) is 2.52. The molecule has 0 aliphatic heterocycles. The van der Waals surface area contributed by atoms with Gasteiger partial charge < -0.3 is 19.5 Å². The number of fused-ring (bicyclic) bond motifs is 1. The fraction of sp³-hybridized carbons (Fsp3) is 0.304. The number of hydrogen-bond donors (Lipinski definition) is 1. The Hall–Kier alpha value is -2.99. The Morgan fingerprint density at radius 1 is 1.10 bits per heavy atom. The van der Waals surface area contributed by atoms with Crippen molar-refractivity contribution in [1.29, 1.82) is 0 Å². The normalized spacial score (nSPS) is 11.9. The highest BCUT2D eigenvalue weighted by Crippen LogP contribution is 2.35. The highest BCUT2D eigenvalue weighted by molar-refractivity contribution is 6.32. The Balaban J connectivity index is 2.01. The number of nitrogens with one attached hydrogen (secondary N) is 1. The third-order valence-corrected chi connectivity index (χ3v) is 5.14. The standard InChI is InChI=1S/C23H26ClN3O3/c1-4-26(5-2)23(29)30-20-12-11-19-18(21(20)25-22(28)16(3)24)13-14-27(19)15-17-9-7-6-8-10-17/h6-14,16H,4-5,15H2,1-3H3,(H,25,28)/t16-/m0/s1. The molecule has 0 spiro atoms. The van der Waals surface area contributed by atoms with Crippen LogP contribution in [0.4, 0.5) is 10.5 Å². The molecule has 0 unspecified atom stereocenters. The summed E-state index contributed by atoms with van der Waals surface area (Å²) < 4.78 is 7.71. The number of ether oxygens (including phenoxy) is 1. The molecule has 0 saturated heterocycles. The minimum absolute atomic E-state index is 0.294. The predicted molar refractivity (Wildman–Crippen MR) is 120 cm³/mol. The van der Waals surface area contributed by atoms with Gasteiger partial charge >= 0.3 is 6.09 Å². The molecule has 0 radical (unpaired) electrons. The Morgan fingerprint density at radius 3 is 2.43 bits per heavy atom. The first-order valence-electron chi connectivity index (χ1n) is 10.0. The highest BCUT2D eigenvalue weighted by atomic mass is 35.5. The zero-order chi connectivity index (χ0) is 21.7. The Labute approximate surface area is 181 Å². The van der Waals surface area contributed by atoms with Gasteiger partial charge in [0, 0.05) is 31.2 Å². The second kappa shape index (κ2) is 9.67. The second-order valence-corrected chi connectivity index (χ2v) is 7.60. The van der Waals surface area contributed by atoms with Crippen molar-refractivity contribution in [2.75, 3.05) is 18.4 Å². The van der Waals surface area contributed by atoms with Crippen LogP contribution in [0.25, 0.3) is 10.9 Å². The third kappa shape index (κ3) is 4.76. The molecule has 7 heteroatoms. The number of carbonyl (C=O) groups is 2. The SMILES string of the molecule is CCN(CC)C(=O)Oc1ccc2c(ccn2Cc2ccccc2)c1NC(=O)[C@H](C)Cl. The van der Waals surface area contributed by atoms with E-state index in [0.717, 1.165) is 16.5 Å². The lowest BCUT2D eigenvalue weighted by molar-refractivity contribution is -0.115. The molecule has 3 rings (SSSR count). The zero-order valence-electron chi connectivity index (χ0n) is 17.4. The fourth-order valence-electron chi connectivity index (χ4n) is 3.25. The number of aromatic nitrogens is 1. The van der Waals surface area contributed by atoms with Gasteiger partial charge in [-0.1, -0.05) is 30.3 Å². The van der Waals surface area contributed by atoms with Gasteiger partial charge in [-0.15, -0.1) is 11.6 Å². The molecule has 1 aromatic heterocycles. The summed E-state index contributed by atoms with van der Waals surface area (Å²) in [6.45, 7) is 7.11. The maximum absolute atomic E-state index is 12.5. The van der Waals surface area contributed by atoms with Crippen LogP contribution in [0.1, 0.15) is 26.3 Å². The van der Waals surface area contributed by atoms with E-state index in [4.69, 9.17) is 16.3 Å². The molecule has 3 aromatic rings. The molecule has 0 fully saturated rings. The maximum atomic E-state index is 12.5. The first-order valence-corrected chi connectivity index (χ1v) is 10.5. The summed E-state index contributed by atoms with van der Waals surface area (Å²) in [4.78, 5) is 26.4. The van der Waals surface area contributed by atoms with Gasteiger partial charge in [-0.3, -0.25) is 4.79 Å². The molecule has 1 atom stereocenters. The zero-order valence-corrected chi connectivity index (χ0v) is 18.1. The monoisotopic (exact) mass is 427 g/mol. The number of carbonyl (C=O) groups excluding carboxylic acids is 2. The van der Waals surface area contributed by atoms with Gasteiger partial charge in [-0.2, -0.15) is 0 Å². The van der Waals surface area contributed by atoms with Crippen molar-refractivity contribution < 1.29 is 14.3 Å². The molecule has 0 saturated carbocycles. The quantitative estimate of drug-likeness (QED) is 0.534. The van der Waals surface area contributed by atoms with Crippen molar-refractivity contribution in [2.45, 2.75) is 32.7 Å².